The van der Waals surface area contributed by atoms with Crippen LogP contribution in [0.25, 0.3) is 0 Å². The van der Waals surface area contributed by atoms with Crippen molar-refractivity contribution >= 4 is 23.5 Å². The van der Waals surface area contributed by atoms with E-state index in [-0.39, 0.29) is 6.54 Å². The average molecular weight is 199 g/mol. The van der Waals surface area contributed by atoms with Gasteiger partial charge in [0, 0.05) is 6.07 Å². The number of rotatable bonds is 4. The van der Waals surface area contributed by atoms with Crippen LogP contribution in [0.5, 0.6) is 0 Å². The zero-order chi connectivity index (χ0) is 9.68. The lowest BCUT2D eigenvalue weighted by Gasteiger charge is -2.02. The predicted molar refractivity (Wildman–Crippen MR) is 49.9 cm³/mol. The Morgan fingerprint density at radius 1 is 1.69 bits per heavy atom. The largest absolute Gasteiger partial charge is 0.480 e. The minimum Gasteiger partial charge on any atom is -0.480 e. The van der Waals surface area contributed by atoms with Crippen molar-refractivity contribution in [2.75, 3.05) is 18.1 Å². The van der Waals surface area contributed by atoms with Crippen molar-refractivity contribution in [2.24, 2.45) is 0 Å². The zero-order valence-electron chi connectivity index (χ0n) is 7.02. The molecule has 1 rings (SSSR count). The maximum atomic E-state index is 10.2. The van der Waals surface area contributed by atoms with Crippen LogP contribution in [0.3, 0.4) is 0 Å². The van der Waals surface area contributed by atoms with Crippen LogP contribution in [0, 0.1) is 0 Å². The van der Waals surface area contributed by atoms with Gasteiger partial charge in [-0.1, -0.05) is 0 Å². The van der Waals surface area contributed by atoms with Gasteiger partial charge in [-0.15, -0.1) is 11.8 Å². The summed E-state index contributed by atoms with van der Waals surface area (Å²) in [4.78, 5) is 18.0. The standard InChI is InChI=1S/C7H9N3O2S/c1-13-6-2-5(9-4-10-6)8-3-7(11)12/h2,4H,3H2,1H3,(H,11,12)(H,8,9,10). The number of anilines is 1. The third-order valence-electron chi connectivity index (χ3n) is 1.27. The van der Waals surface area contributed by atoms with Crippen LogP contribution in [-0.4, -0.2) is 33.8 Å². The number of nitrogens with zero attached hydrogens (tertiary/aromatic N) is 2. The molecule has 0 aliphatic heterocycles. The van der Waals surface area contributed by atoms with Gasteiger partial charge < -0.3 is 10.4 Å². The summed E-state index contributed by atoms with van der Waals surface area (Å²) in [5.41, 5.74) is 0. The maximum Gasteiger partial charge on any atom is 0.322 e. The molecule has 0 saturated carbocycles. The Morgan fingerprint density at radius 3 is 3.08 bits per heavy atom. The summed E-state index contributed by atoms with van der Waals surface area (Å²) in [6, 6.07) is 1.70. The van der Waals surface area contributed by atoms with Gasteiger partial charge in [-0.05, 0) is 6.26 Å². The molecule has 13 heavy (non-hydrogen) atoms. The summed E-state index contributed by atoms with van der Waals surface area (Å²) in [6.45, 7) is -0.134. The van der Waals surface area contributed by atoms with E-state index in [1.54, 1.807) is 6.07 Å². The molecule has 70 valence electrons. The molecule has 6 heteroatoms. The number of aliphatic carboxylic acids is 1. The highest BCUT2D eigenvalue weighted by Crippen LogP contribution is 2.12. The summed E-state index contributed by atoms with van der Waals surface area (Å²) in [6.07, 6.45) is 3.29. The SMILES string of the molecule is CSc1cc(NCC(=O)O)ncn1. The molecule has 0 unspecified atom stereocenters. The van der Waals surface area contributed by atoms with E-state index in [2.05, 4.69) is 15.3 Å². The second-order valence-corrected chi connectivity index (χ2v) is 3.02. The summed E-state index contributed by atoms with van der Waals surface area (Å²) >= 11 is 1.48. The number of carbonyl (C=O) groups is 1. The van der Waals surface area contributed by atoms with E-state index in [4.69, 9.17) is 5.11 Å². The number of aromatic nitrogens is 2. The van der Waals surface area contributed by atoms with Gasteiger partial charge in [-0.25, -0.2) is 9.97 Å². The Kier molecular flexibility index (Phi) is 3.51. The number of hydrogen-bond acceptors (Lipinski definition) is 5. The fraction of sp³-hybridized carbons (Fsp3) is 0.286. The minimum absolute atomic E-state index is 0.134. The van der Waals surface area contributed by atoms with Gasteiger partial charge in [0.1, 0.15) is 23.7 Å². The van der Waals surface area contributed by atoms with E-state index >= 15 is 0 Å². The Balaban J connectivity index is 2.61. The molecule has 5 nitrogen and oxygen atoms in total. The zero-order valence-corrected chi connectivity index (χ0v) is 7.84. The van der Waals surface area contributed by atoms with Crippen molar-refractivity contribution in [1.82, 2.24) is 9.97 Å². The molecular weight excluding hydrogens is 190 g/mol. The highest BCUT2D eigenvalue weighted by atomic mass is 32.2. The van der Waals surface area contributed by atoms with Gasteiger partial charge in [-0.3, -0.25) is 4.79 Å². The average Bonchev–Trinajstić information content (AvgIpc) is 2.15. The Labute approximate surface area is 79.6 Å². The first-order valence-electron chi connectivity index (χ1n) is 3.54. The summed E-state index contributed by atoms with van der Waals surface area (Å²) in [5.74, 6) is -0.383. The molecule has 0 amide bonds. The fourth-order valence-electron chi connectivity index (χ4n) is 0.714. The Morgan fingerprint density at radius 2 is 2.46 bits per heavy atom. The van der Waals surface area contributed by atoms with Gasteiger partial charge in [0.05, 0.1) is 0 Å². The van der Waals surface area contributed by atoms with Crippen molar-refractivity contribution < 1.29 is 9.90 Å². The molecule has 0 bridgehead atoms. The molecule has 0 radical (unpaired) electrons. The number of carboxylic acids is 1. The topological polar surface area (TPSA) is 75.1 Å². The number of hydrogen-bond donors (Lipinski definition) is 2. The van der Waals surface area contributed by atoms with Crippen LogP contribution in [0.1, 0.15) is 0 Å². The third kappa shape index (κ3) is 3.29. The molecule has 0 spiro atoms. The minimum atomic E-state index is -0.913. The van der Waals surface area contributed by atoms with Crippen molar-refractivity contribution in [1.29, 1.82) is 0 Å². The fourth-order valence-corrected chi connectivity index (χ4v) is 1.10. The molecule has 0 saturated heterocycles. The first-order valence-corrected chi connectivity index (χ1v) is 4.76. The molecular formula is C7H9N3O2S. The van der Waals surface area contributed by atoms with E-state index in [0.29, 0.717) is 5.82 Å². The summed E-state index contributed by atoms with van der Waals surface area (Å²) in [5, 5.41) is 11.9. The van der Waals surface area contributed by atoms with Crippen molar-refractivity contribution in [3.8, 4) is 0 Å². The van der Waals surface area contributed by atoms with Crippen molar-refractivity contribution in [3.63, 3.8) is 0 Å². The van der Waals surface area contributed by atoms with Crippen LogP contribution >= 0.6 is 11.8 Å². The summed E-state index contributed by atoms with van der Waals surface area (Å²) in [7, 11) is 0. The van der Waals surface area contributed by atoms with E-state index in [9.17, 15) is 4.79 Å². The second-order valence-electron chi connectivity index (χ2n) is 2.19. The lowest BCUT2D eigenvalue weighted by molar-refractivity contribution is -0.134. The normalized spacial score (nSPS) is 9.62. The first kappa shape index (κ1) is 9.79. The molecule has 1 heterocycles. The van der Waals surface area contributed by atoms with Crippen LogP contribution in [0.2, 0.25) is 0 Å². The van der Waals surface area contributed by atoms with Gasteiger partial charge >= 0.3 is 5.97 Å². The molecule has 1 aromatic rings. The quantitative estimate of drug-likeness (QED) is 0.549. The first-order chi connectivity index (χ1) is 6.22. The van der Waals surface area contributed by atoms with Crippen LogP contribution in [-0.2, 0) is 4.79 Å². The highest BCUT2D eigenvalue weighted by Gasteiger charge is 1.99. The number of thioether (sulfide) groups is 1. The van der Waals surface area contributed by atoms with E-state index < -0.39 is 5.97 Å². The lowest BCUT2D eigenvalue weighted by atomic mass is 10.5. The molecule has 0 fully saturated rings. The smallest absolute Gasteiger partial charge is 0.322 e. The van der Waals surface area contributed by atoms with Crippen LogP contribution in [0.4, 0.5) is 5.82 Å². The highest BCUT2D eigenvalue weighted by molar-refractivity contribution is 7.98. The van der Waals surface area contributed by atoms with Crippen molar-refractivity contribution in [3.05, 3.63) is 12.4 Å². The van der Waals surface area contributed by atoms with Gasteiger partial charge in [-0.2, -0.15) is 0 Å². The lowest BCUT2D eigenvalue weighted by Crippen LogP contribution is -2.13. The Bertz CT molecular complexity index is 306. The van der Waals surface area contributed by atoms with Gasteiger partial charge in [0.15, 0.2) is 0 Å². The van der Waals surface area contributed by atoms with Gasteiger partial charge in [0.2, 0.25) is 0 Å². The molecule has 0 atom stereocenters. The summed E-state index contributed by atoms with van der Waals surface area (Å²) < 4.78 is 0. The maximum absolute atomic E-state index is 10.2. The molecule has 1 aromatic heterocycles. The number of nitrogens with one attached hydrogen (secondary N) is 1. The van der Waals surface area contributed by atoms with Crippen LogP contribution in [0.15, 0.2) is 17.4 Å². The molecule has 0 aliphatic carbocycles. The Hall–Kier alpha value is -1.30. The van der Waals surface area contributed by atoms with Gasteiger partial charge in [0.25, 0.3) is 0 Å². The molecule has 0 aromatic carbocycles. The number of carboxylic acid groups (broad SMARTS) is 1. The molecule has 0 aliphatic rings. The predicted octanol–water partition coefficient (Wildman–Crippen LogP) is 0.695. The monoisotopic (exact) mass is 199 g/mol. The third-order valence-corrected chi connectivity index (χ3v) is 1.91. The van der Waals surface area contributed by atoms with E-state index in [1.165, 1.54) is 18.1 Å². The molecule has 2 N–H and O–H groups in total. The second kappa shape index (κ2) is 4.66. The van der Waals surface area contributed by atoms with Crippen LogP contribution < -0.4 is 5.32 Å². The van der Waals surface area contributed by atoms with Crippen molar-refractivity contribution in [2.45, 2.75) is 5.03 Å². The van der Waals surface area contributed by atoms with E-state index in [1.807, 2.05) is 6.26 Å². The van der Waals surface area contributed by atoms with E-state index in [0.717, 1.165) is 5.03 Å².